The molecular formula is C10H15ClO2. The van der Waals surface area contributed by atoms with Crippen LogP contribution in [-0.4, -0.2) is 24.4 Å². The molecule has 0 saturated heterocycles. The van der Waals surface area contributed by atoms with Crippen LogP contribution in [0.3, 0.4) is 0 Å². The number of rotatable bonds is 4. The fourth-order valence-electron chi connectivity index (χ4n) is 0.857. The summed E-state index contributed by atoms with van der Waals surface area (Å²) in [6.07, 6.45) is 1.55. The van der Waals surface area contributed by atoms with Crippen LogP contribution < -0.4 is 0 Å². The third kappa shape index (κ3) is 3.99. The molecule has 0 unspecified atom stereocenters. The van der Waals surface area contributed by atoms with Gasteiger partial charge in [-0.3, -0.25) is 0 Å². The molecule has 13 heavy (non-hydrogen) atoms. The lowest BCUT2D eigenvalue weighted by molar-refractivity contribution is -0.0970. The van der Waals surface area contributed by atoms with Crippen molar-refractivity contribution in [3.8, 4) is 11.8 Å². The van der Waals surface area contributed by atoms with Crippen molar-refractivity contribution < 1.29 is 9.47 Å². The van der Waals surface area contributed by atoms with Gasteiger partial charge < -0.3 is 9.47 Å². The van der Waals surface area contributed by atoms with Gasteiger partial charge in [-0.05, 0) is 32.6 Å². The largest absolute Gasteiger partial charge is 0.342 e. The van der Waals surface area contributed by atoms with Crippen molar-refractivity contribution in [3.63, 3.8) is 0 Å². The Balaban J connectivity index is 2.38. The molecule has 0 amide bonds. The summed E-state index contributed by atoms with van der Waals surface area (Å²) < 4.78 is 10.5. The van der Waals surface area contributed by atoms with Gasteiger partial charge in [0, 0.05) is 13.2 Å². The number of ether oxygens (including phenoxy) is 2. The van der Waals surface area contributed by atoms with Gasteiger partial charge in [0.25, 0.3) is 0 Å². The predicted octanol–water partition coefficient (Wildman–Crippen LogP) is 2.16. The van der Waals surface area contributed by atoms with E-state index in [-0.39, 0.29) is 4.87 Å². The summed E-state index contributed by atoms with van der Waals surface area (Å²) >= 11 is 6.00. The van der Waals surface area contributed by atoms with Gasteiger partial charge in [0.2, 0.25) is 6.29 Å². The Hall–Kier alpha value is -0.230. The zero-order valence-corrected chi connectivity index (χ0v) is 8.86. The molecule has 0 aromatic heterocycles. The summed E-state index contributed by atoms with van der Waals surface area (Å²) in [7, 11) is 0. The van der Waals surface area contributed by atoms with Crippen LogP contribution >= 0.6 is 11.6 Å². The van der Waals surface area contributed by atoms with Crippen LogP contribution in [0.1, 0.15) is 26.7 Å². The summed E-state index contributed by atoms with van der Waals surface area (Å²) in [5, 5.41) is 0. The third-order valence-corrected chi connectivity index (χ3v) is 2.21. The van der Waals surface area contributed by atoms with Crippen LogP contribution in [-0.2, 0) is 9.47 Å². The first kappa shape index (κ1) is 10.8. The van der Waals surface area contributed by atoms with Gasteiger partial charge in [-0.25, -0.2) is 0 Å². The van der Waals surface area contributed by atoms with Crippen molar-refractivity contribution in [3.05, 3.63) is 0 Å². The average Bonchev–Trinajstić information content (AvgIpc) is 2.82. The fourth-order valence-corrected chi connectivity index (χ4v) is 1.01. The molecule has 0 atom stereocenters. The van der Waals surface area contributed by atoms with E-state index >= 15 is 0 Å². The molecule has 3 heteroatoms. The molecule has 1 aliphatic rings. The molecule has 1 rings (SSSR count). The van der Waals surface area contributed by atoms with E-state index in [2.05, 4.69) is 11.8 Å². The first-order valence-electron chi connectivity index (χ1n) is 4.65. The highest BCUT2D eigenvalue weighted by molar-refractivity contribution is 6.28. The monoisotopic (exact) mass is 202 g/mol. The minimum atomic E-state index is -0.411. The molecule has 0 aliphatic heterocycles. The van der Waals surface area contributed by atoms with Gasteiger partial charge >= 0.3 is 0 Å². The maximum Gasteiger partial charge on any atom is 0.222 e. The Morgan fingerprint density at radius 2 is 1.85 bits per heavy atom. The average molecular weight is 203 g/mol. The molecule has 1 fully saturated rings. The van der Waals surface area contributed by atoms with E-state index in [9.17, 15) is 0 Å². The second-order valence-corrected chi connectivity index (χ2v) is 3.70. The van der Waals surface area contributed by atoms with Crippen molar-refractivity contribution in [1.82, 2.24) is 0 Å². The van der Waals surface area contributed by atoms with Gasteiger partial charge in [0.05, 0.1) is 0 Å². The summed E-state index contributed by atoms with van der Waals surface area (Å²) in [5.74, 6) is 5.87. The summed E-state index contributed by atoms with van der Waals surface area (Å²) in [5.41, 5.74) is 0. The summed E-state index contributed by atoms with van der Waals surface area (Å²) in [6.45, 7) is 5.05. The summed E-state index contributed by atoms with van der Waals surface area (Å²) in [6, 6.07) is 0. The molecule has 2 nitrogen and oxygen atoms in total. The standard InChI is InChI=1S/C10H15ClO2/c1-3-12-9(13-4-2)5-6-10(11)7-8-10/h9H,3-4,7-8H2,1-2H3. The van der Waals surface area contributed by atoms with Crippen LogP contribution in [0, 0.1) is 11.8 Å². The zero-order valence-electron chi connectivity index (χ0n) is 8.10. The van der Waals surface area contributed by atoms with E-state index in [0.29, 0.717) is 13.2 Å². The highest BCUT2D eigenvalue weighted by Gasteiger charge is 2.38. The number of hydrogen-bond acceptors (Lipinski definition) is 2. The number of halogens is 1. The van der Waals surface area contributed by atoms with E-state index in [1.165, 1.54) is 0 Å². The van der Waals surface area contributed by atoms with Gasteiger partial charge in [0.15, 0.2) is 0 Å². The molecular weight excluding hydrogens is 188 g/mol. The normalized spacial score (nSPS) is 18.2. The van der Waals surface area contributed by atoms with E-state index < -0.39 is 6.29 Å². The third-order valence-electron chi connectivity index (χ3n) is 1.74. The van der Waals surface area contributed by atoms with E-state index in [1.807, 2.05) is 13.8 Å². The van der Waals surface area contributed by atoms with Crippen LogP contribution in [0.5, 0.6) is 0 Å². The maximum absolute atomic E-state index is 6.00. The molecule has 0 heterocycles. The first-order valence-corrected chi connectivity index (χ1v) is 5.03. The molecule has 0 bridgehead atoms. The maximum atomic E-state index is 6.00. The Morgan fingerprint density at radius 1 is 1.31 bits per heavy atom. The zero-order chi connectivity index (χ0) is 9.73. The minimum absolute atomic E-state index is 0.271. The van der Waals surface area contributed by atoms with Crippen molar-refractivity contribution in [1.29, 1.82) is 0 Å². The quantitative estimate of drug-likeness (QED) is 0.395. The first-order chi connectivity index (χ1) is 6.20. The van der Waals surface area contributed by atoms with Crippen molar-refractivity contribution in [2.24, 2.45) is 0 Å². The van der Waals surface area contributed by atoms with Gasteiger partial charge in [-0.15, -0.1) is 11.6 Å². The molecule has 0 aromatic carbocycles. The molecule has 0 spiro atoms. The lowest BCUT2D eigenvalue weighted by atomic mass is 10.4. The highest BCUT2D eigenvalue weighted by Crippen LogP contribution is 2.41. The molecule has 0 aromatic rings. The molecule has 0 radical (unpaired) electrons. The second-order valence-electron chi connectivity index (χ2n) is 2.98. The number of alkyl halides is 1. The van der Waals surface area contributed by atoms with Gasteiger partial charge in [0.1, 0.15) is 4.87 Å². The minimum Gasteiger partial charge on any atom is -0.342 e. The second kappa shape index (κ2) is 4.85. The van der Waals surface area contributed by atoms with E-state index in [1.54, 1.807) is 0 Å². The number of hydrogen-bond donors (Lipinski definition) is 0. The molecule has 0 N–H and O–H groups in total. The SMILES string of the molecule is CCOC(C#CC1(Cl)CC1)OCC. The summed E-state index contributed by atoms with van der Waals surface area (Å²) in [4.78, 5) is -0.271. The lowest BCUT2D eigenvalue weighted by Gasteiger charge is -2.09. The Bertz CT molecular complexity index is 207. The Labute approximate surface area is 84.5 Å². The van der Waals surface area contributed by atoms with E-state index in [0.717, 1.165) is 12.8 Å². The topological polar surface area (TPSA) is 18.5 Å². The van der Waals surface area contributed by atoms with Gasteiger partial charge in [-0.2, -0.15) is 0 Å². The smallest absolute Gasteiger partial charge is 0.222 e. The van der Waals surface area contributed by atoms with Crippen LogP contribution in [0.15, 0.2) is 0 Å². The van der Waals surface area contributed by atoms with Crippen LogP contribution in [0.4, 0.5) is 0 Å². The molecule has 1 saturated carbocycles. The Morgan fingerprint density at radius 3 is 2.23 bits per heavy atom. The Kier molecular flexibility index (Phi) is 4.05. The fraction of sp³-hybridized carbons (Fsp3) is 0.800. The molecule has 74 valence electrons. The van der Waals surface area contributed by atoms with Crippen LogP contribution in [0.25, 0.3) is 0 Å². The van der Waals surface area contributed by atoms with Crippen LogP contribution in [0.2, 0.25) is 0 Å². The molecule has 1 aliphatic carbocycles. The van der Waals surface area contributed by atoms with Crippen molar-refractivity contribution in [2.75, 3.05) is 13.2 Å². The van der Waals surface area contributed by atoms with Crippen molar-refractivity contribution in [2.45, 2.75) is 37.9 Å². The van der Waals surface area contributed by atoms with Crippen molar-refractivity contribution >= 4 is 11.6 Å². The van der Waals surface area contributed by atoms with E-state index in [4.69, 9.17) is 21.1 Å². The predicted molar refractivity (Wildman–Crippen MR) is 52.6 cm³/mol. The highest BCUT2D eigenvalue weighted by atomic mass is 35.5. The van der Waals surface area contributed by atoms with Gasteiger partial charge in [-0.1, -0.05) is 5.92 Å². The lowest BCUT2D eigenvalue weighted by Crippen LogP contribution is -2.15.